The summed E-state index contributed by atoms with van der Waals surface area (Å²) in [7, 11) is 0. The van der Waals surface area contributed by atoms with Gasteiger partial charge in [-0.3, -0.25) is 4.79 Å². The molecule has 3 N–H and O–H groups in total. The molecule has 0 aromatic heterocycles. The molecule has 0 heterocycles. The fourth-order valence-corrected chi connectivity index (χ4v) is 2.50. The van der Waals surface area contributed by atoms with Crippen molar-refractivity contribution in [1.29, 1.82) is 0 Å². The van der Waals surface area contributed by atoms with Crippen molar-refractivity contribution in [2.75, 3.05) is 11.9 Å². The van der Waals surface area contributed by atoms with Crippen molar-refractivity contribution >= 4 is 11.6 Å². The number of nitrogens with one attached hydrogen (secondary N) is 2. The first-order valence-corrected chi connectivity index (χ1v) is 6.93. The summed E-state index contributed by atoms with van der Waals surface area (Å²) in [6.45, 7) is 2.24. The SMILES string of the molecule is Cc1cccc(NC(=O)CNC2CCCCC2O)c1. The lowest BCUT2D eigenvalue weighted by atomic mass is 9.92. The second kappa shape index (κ2) is 6.68. The number of aryl methyl sites for hydroxylation is 1. The Morgan fingerprint density at radius 3 is 2.89 bits per heavy atom. The number of rotatable bonds is 4. The number of carbonyl (C=O) groups excluding carboxylic acids is 1. The molecule has 4 heteroatoms. The van der Waals surface area contributed by atoms with E-state index in [-0.39, 0.29) is 24.6 Å². The third kappa shape index (κ3) is 4.33. The molecule has 0 bridgehead atoms. The van der Waals surface area contributed by atoms with Gasteiger partial charge in [-0.2, -0.15) is 0 Å². The molecule has 2 atom stereocenters. The zero-order valence-corrected chi connectivity index (χ0v) is 11.4. The van der Waals surface area contributed by atoms with Crippen LogP contribution < -0.4 is 10.6 Å². The van der Waals surface area contributed by atoms with Crippen molar-refractivity contribution < 1.29 is 9.90 Å². The molecule has 2 unspecified atom stereocenters. The van der Waals surface area contributed by atoms with E-state index in [2.05, 4.69) is 10.6 Å². The average molecular weight is 262 g/mol. The van der Waals surface area contributed by atoms with Gasteiger partial charge in [0.2, 0.25) is 5.91 Å². The zero-order chi connectivity index (χ0) is 13.7. The van der Waals surface area contributed by atoms with Gasteiger partial charge in [-0.1, -0.05) is 25.0 Å². The van der Waals surface area contributed by atoms with Crippen LogP contribution >= 0.6 is 0 Å². The van der Waals surface area contributed by atoms with Gasteiger partial charge in [0, 0.05) is 11.7 Å². The Hall–Kier alpha value is -1.39. The van der Waals surface area contributed by atoms with E-state index in [4.69, 9.17) is 0 Å². The van der Waals surface area contributed by atoms with Crippen LogP contribution in [0.4, 0.5) is 5.69 Å². The highest BCUT2D eigenvalue weighted by Gasteiger charge is 2.22. The van der Waals surface area contributed by atoms with Crippen molar-refractivity contribution in [2.45, 2.75) is 44.8 Å². The molecule has 1 aliphatic carbocycles. The molecule has 0 spiro atoms. The summed E-state index contributed by atoms with van der Waals surface area (Å²) >= 11 is 0. The van der Waals surface area contributed by atoms with E-state index in [1.165, 1.54) is 0 Å². The van der Waals surface area contributed by atoms with Gasteiger partial charge >= 0.3 is 0 Å². The van der Waals surface area contributed by atoms with Crippen molar-refractivity contribution in [3.8, 4) is 0 Å². The van der Waals surface area contributed by atoms with Gasteiger partial charge in [0.15, 0.2) is 0 Å². The lowest BCUT2D eigenvalue weighted by Crippen LogP contribution is -2.45. The van der Waals surface area contributed by atoms with Crippen LogP contribution in [-0.4, -0.2) is 29.7 Å². The molecule has 1 saturated carbocycles. The smallest absolute Gasteiger partial charge is 0.238 e. The van der Waals surface area contributed by atoms with Gasteiger partial charge in [0.1, 0.15) is 0 Å². The quantitative estimate of drug-likeness (QED) is 0.775. The number of hydrogen-bond acceptors (Lipinski definition) is 3. The average Bonchev–Trinajstić information content (AvgIpc) is 2.38. The number of hydrogen-bond donors (Lipinski definition) is 3. The molecule has 0 saturated heterocycles. The third-order valence-electron chi connectivity index (χ3n) is 3.56. The molecule has 1 amide bonds. The zero-order valence-electron chi connectivity index (χ0n) is 11.4. The monoisotopic (exact) mass is 262 g/mol. The predicted octanol–water partition coefficient (Wildman–Crippen LogP) is 1.83. The summed E-state index contributed by atoms with van der Waals surface area (Å²) in [6, 6.07) is 7.78. The van der Waals surface area contributed by atoms with Crippen LogP contribution in [0.1, 0.15) is 31.2 Å². The summed E-state index contributed by atoms with van der Waals surface area (Å²) in [5, 5.41) is 15.8. The first-order chi connectivity index (χ1) is 9.15. The summed E-state index contributed by atoms with van der Waals surface area (Å²) in [4.78, 5) is 11.8. The number of amides is 1. The Morgan fingerprint density at radius 1 is 1.37 bits per heavy atom. The van der Waals surface area contributed by atoms with Gasteiger partial charge in [0.25, 0.3) is 0 Å². The first-order valence-electron chi connectivity index (χ1n) is 6.93. The maximum absolute atomic E-state index is 11.8. The minimum atomic E-state index is -0.319. The second-order valence-electron chi connectivity index (χ2n) is 5.26. The van der Waals surface area contributed by atoms with Gasteiger partial charge in [-0.15, -0.1) is 0 Å². The van der Waals surface area contributed by atoms with E-state index in [9.17, 15) is 9.90 Å². The molecule has 2 rings (SSSR count). The maximum Gasteiger partial charge on any atom is 0.238 e. The van der Waals surface area contributed by atoms with Crippen molar-refractivity contribution in [2.24, 2.45) is 0 Å². The summed E-state index contributed by atoms with van der Waals surface area (Å²) in [5.74, 6) is -0.0663. The number of anilines is 1. The minimum absolute atomic E-state index is 0.0528. The Balaban J connectivity index is 1.78. The topological polar surface area (TPSA) is 61.4 Å². The van der Waals surface area contributed by atoms with E-state index in [1.807, 2.05) is 31.2 Å². The Bertz CT molecular complexity index is 434. The number of carbonyl (C=O) groups is 1. The fraction of sp³-hybridized carbons (Fsp3) is 0.533. The number of aliphatic hydroxyl groups is 1. The Labute approximate surface area is 114 Å². The largest absolute Gasteiger partial charge is 0.392 e. The standard InChI is InChI=1S/C15H22N2O2/c1-11-5-4-6-12(9-11)17-15(19)10-16-13-7-2-3-8-14(13)18/h4-6,9,13-14,16,18H,2-3,7-8,10H2,1H3,(H,17,19). The van der Waals surface area contributed by atoms with Crippen LogP contribution in [0, 0.1) is 6.92 Å². The van der Waals surface area contributed by atoms with Gasteiger partial charge in [-0.05, 0) is 37.5 Å². The van der Waals surface area contributed by atoms with Crippen molar-refractivity contribution in [3.63, 3.8) is 0 Å². The fourth-order valence-electron chi connectivity index (χ4n) is 2.50. The van der Waals surface area contributed by atoms with Crippen molar-refractivity contribution in [1.82, 2.24) is 5.32 Å². The second-order valence-corrected chi connectivity index (χ2v) is 5.26. The molecule has 104 valence electrons. The van der Waals surface area contributed by atoms with Crippen LogP contribution in [0.25, 0.3) is 0 Å². The van der Waals surface area contributed by atoms with Gasteiger partial charge in [-0.25, -0.2) is 0 Å². The number of aliphatic hydroxyl groups excluding tert-OH is 1. The highest BCUT2D eigenvalue weighted by Crippen LogP contribution is 2.18. The maximum atomic E-state index is 11.8. The molecular weight excluding hydrogens is 240 g/mol. The molecule has 0 aliphatic heterocycles. The molecule has 1 aromatic carbocycles. The highest BCUT2D eigenvalue weighted by atomic mass is 16.3. The summed E-state index contributed by atoms with van der Waals surface area (Å²) in [6.07, 6.45) is 3.65. The van der Waals surface area contributed by atoms with Crippen LogP contribution in [0.5, 0.6) is 0 Å². The Morgan fingerprint density at radius 2 is 2.16 bits per heavy atom. The molecule has 4 nitrogen and oxygen atoms in total. The minimum Gasteiger partial charge on any atom is -0.392 e. The highest BCUT2D eigenvalue weighted by molar-refractivity contribution is 5.92. The van der Waals surface area contributed by atoms with E-state index in [1.54, 1.807) is 0 Å². The molecule has 0 radical (unpaired) electrons. The molecular formula is C15H22N2O2. The Kier molecular flexibility index (Phi) is 4.93. The lowest BCUT2D eigenvalue weighted by molar-refractivity contribution is -0.115. The van der Waals surface area contributed by atoms with Crippen molar-refractivity contribution in [3.05, 3.63) is 29.8 Å². The third-order valence-corrected chi connectivity index (χ3v) is 3.56. The molecule has 1 aromatic rings. The lowest BCUT2D eigenvalue weighted by Gasteiger charge is -2.28. The predicted molar refractivity (Wildman–Crippen MR) is 76.1 cm³/mol. The normalized spacial score (nSPS) is 23.1. The van der Waals surface area contributed by atoms with E-state index >= 15 is 0 Å². The van der Waals surface area contributed by atoms with E-state index in [0.29, 0.717) is 0 Å². The molecule has 19 heavy (non-hydrogen) atoms. The van der Waals surface area contributed by atoms with Crippen LogP contribution in [0.15, 0.2) is 24.3 Å². The van der Waals surface area contributed by atoms with E-state index in [0.717, 1.165) is 36.9 Å². The first kappa shape index (κ1) is 14.0. The van der Waals surface area contributed by atoms with E-state index < -0.39 is 0 Å². The van der Waals surface area contributed by atoms with Gasteiger partial charge < -0.3 is 15.7 Å². The molecule has 1 aliphatic rings. The number of benzene rings is 1. The molecule has 1 fully saturated rings. The van der Waals surface area contributed by atoms with Gasteiger partial charge in [0.05, 0.1) is 12.6 Å². The van der Waals surface area contributed by atoms with Crippen LogP contribution in [0.2, 0.25) is 0 Å². The summed E-state index contributed by atoms with van der Waals surface area (Å²) in [5.41, 5.74) is 1.93. The van der Waals surface area contributed by atoms with Crippen LogP contribution in [-0.2, 0) is 4.79 Å². The van der Waals surface area contributed by atoms with Crippen LogP contribution in [0.3, 0.4) is 0 Å². The summed E-state index contributed by atoms with van der Waals surface area (Å²) < 4.78 is 0.